The van der Waals surface area contributed by atoms with Gasteiger partial charge in [0.25, 0.3) is 5.91 Å². The number of hydrogen-bond donors (Lipinski definition) is 2. The van der Waals surface area contributed by atoms with Crippen LogP contribution >= 0.6 is 0 Å². The number of amides is 1. The van der Waals surface area contributed by atoms with Gasteiger partial charge >= 0.3 is 0 Å². The number of nitrogens with one attached hydrogen (secondary N) is 2. The van der Waals surface area contributed by atoms with Crippen LogP contribution in [0.4, 0.5) is 5.82 Å². The van der Waals surface area contributed by atoms with Gasteiger partial charge in [0.2, 0.25) is 0 Å². The third-order valence-electron chi connectivity index (χ3n) is 5.00. The highest BCUT2D eigenvalue weighted by Crippen LogP contribution is 2.17. The Balaban J connectivity index is 1.43. The lowest BCUT2D eigenvalue weighted by Gasteiger charge is -2.32. The van der Waals surface area contributed by atoms with E-state index in [1.165, 1.54) is 19.3 Å². The first-order valence-electron chi connectivity index (χ1n) is 9.58. The van der Waals surface area contributed by atoms with Gasteiger partial charge in [0.15, 0.2) is 0 Å². The number of nitrogens with zero attached hydrogens (tertiary/aromatic N) is 4. The largest absolute Gasteiger partial charge is 0.364 e. The molecule has 0 bridgehead atoms. The van der Waals surface area contributed by atoms with Crippen molar-refractivity contribution in [3.8, 4) is 0 Å². The van der Waals surface area contributed by atoms with E-state index in [4.69, 9.17) is 0 Å². The first-order chi connectivity index (χ1) is 13.1. The molecule has 0 radical (unpaired) electrons. The number of hydrogen-bond acceptors (Lipinski definition) is 6. The lowest BCUT2D eigenvalue weighted by atomic mass is 10.0. The summed E-state index contributed by atoms with van der Waals surface area (Å²) in [7, 11) is 2.17. The molecule has 7 heteroatoms. The van der Waals surface area contributed by atoms with Crippen molar-refractivity contribution in [2.24, 2.45) is 0 Å². The number of carbonyl (C=O) groups is 1. The van der Waals surface area contributed by atoms with Gasteiger partial charge in [-0.25, -0.2) is 4.98 Å². The SMILES string of the molecule is Cc1cnc(CNc2ccc(C(=O)NCCC3CCCCN3C)cn2)cn1. The number of aromatic nitrogens is 3. The van der Waals surface area contributed by atoms with E-state index < -0.39 is 0 Å². The molecule has 1 atom stereocenters. The number of pyridine rings is 1. The van der Waals surface area contributed by atoms with E-state index in [9.17, 15) is 4.79 Å². The Kier molecular flexibility index (Phi) is 6.70. The molecule has 144 valence electrons. The molecule has 1 aliphatic heterocycles. The quantitative estimate of drug-likeness (QED) is 0.781. The van der Waals surface area contributed by atoms with E-state index in [1.807, 2.05) is 13.0 Å². The van der Waals surface area contributed by atoms with Crippen LogP contribution in [-0.2, 0) is 6.54 Å². The van der Waals surface area contributed by atoms with E-state index in [0.717, 1.165) is 24.4 Å². The fraction of sp³-hybridized carbons (Fsp3) is 0.500. The van der Waals surface area contributed by atoms with E-state index in [1.54, 1.807) is 24.7 Å². The van der Waals surface area contributed by atoms with Crippen LogP contribution in [0.2, 0.25) is 0 Å². The zero-order chi connectivity index (χ0) is 19.1. The lowest BCUT2D eigenvalue weighted by molar-refractivity contribution is 0.0945. The number of rotatable bonds is 7. The number of carbonyl (C=O) groups excluding carboxylic acids is 1. The Bertz CT molecular complexity index is 731. The summed E-state index contributed by atoms with van der Waals surface area (Å²) in [6.45, 7) is 4.30. The molecule has 2 aromatic heterocycles. The predicted octanol–water partition coefficient (Wildman–Crippen LogP) is 2.40. The molecule has 0 aromatic carbocycles. The number of piperidine rings is 1. The van der Waals surface area contributed by atoms with Gasteiger partial charge in [-0.2, -0.15) is 0 Å². The second kappa shape index (κ2) is 9.41. The third-order valence-corrected chi connectivity index (χ3v) is 5.00. The van der Waals surface area contributed by atoms with Crippen LogP contribution in [0.15, 0.2) is 30.7 Å². The summed E-state index contributed by atoms with van der Waals surface area (Å²) in [6, 6.07) is 4.18. The molecule has 3 rings (SSSR count). The van der Waals surface area contributed by atoms with Crippen LogP contribution in [0, 0.1) is 6.92 Å². The minimum absolute atomic E-state index is 0.0723. The smallest absolute Gasteiger partial charge is 0.252 e. The van der Waals surface area contributed by atoms with Gasteiger partial charge in [-0.3, -0.25) is 14.8 Å². The fourth-order valence-corrected chi connectivity index (χ4v) is 3.29. The van der Waals surface area contributed by atoms with Crippen LogP contribution in [-0.4, -0.2) is 51.9 Å². The average molecular weight is 368 g/mol. The highest BCUT2D eigenvalue weighted by Gasteiger charge is 2.18. The first-order valence-corrected chi connectivity index (χ1v) is 9.58. The molecule has 1 aliphatic rings. The van der Waals surface area contributed by atoms with Crippen LogP contribution in [0.3, 0.4) is 0 Å². The molecule has 0 saturated carbocycles. The van der Waals surface area contributed by atoms with E-state index in [2.05, 4.69) is 37.5 Å². The summed E-state index contributed by atoms with van der Waals surface area (Å²) in [4.78, 5) is 27.5. The summed E-state index contributed by atoms with van der Waals surface area (Å²) < 4.78 is 0. The number of anilines is 1. The van der Waals surface area contributed by atoms with Crippen LogP contribution in [0.1, 0.15) is 47.4 Å². The Morgan fingerprint density at radius 1 is 1.19 bits per heavy atom. The third kappa shape index (κ3) is 5.72. The maximum absolute atomic E-state index is 12.3. The topological polar surface area (TPSA) is 83.0 Å². The maximum Gasteiger partial charge on any atom is 0.252 e. The fourth-order valence-electron chi connectivity index (χ4n) is 3.29. The molecule has 1 amide bonds. The molecule has 2 aromatic rings. The van der Waals surface area contributed by atoms with Gasteiger partial charge in [-0.1, -0.05) is 6.42 Å². The summed E-state index contributed by atoms with van der Waals surface area (Å²) in [5.41, 5.74) is 2.31. The number of aryl methyl sites for hydroxylation is 1. The van der Waals surface area contributed by atoms with Crippen LogP contribution in [0.25, 0.3) is 0 Å². The summed E-state index contributed by atoms with van der Waals surface area (Å²) >= 11 is 0. The minimum atomic E-state index is -0.0723. The first kappa shape index (κ1) is 19.2. The molecule has 1 fully saturated rings. The Hall–Kier alpha value is -2.54. The van der Waals surface area contributed by atoms with E-state index in [0.29, 0.717) is 30.5 Å². The summed E-state index contributed by atoms with van der Waals surface area (Å²) in [6.07, 6.45) is 9.87. The second-order valence-corrected chi connectivity index (χ2v) is 7.11. The highest BCUT2D eigenvalue weighted by atomic mass is 16.1. The van der Waals surface area contributed by atoms with Crippen molar-refractivity contribution < 1.29 is 4.79 Å². The molecule has 3 heterocycles. The van der Waals surface area contributed by atoms with Crippen molar-refractivity contribution in [3.05, 3.63) is 47.7 Å². The molecule has 0 spiro atoms. The van der Waals surface area contributed by atoms with Crippen molar-refractivity contribution in [2.75, 3.05) is 25.5 Å². The minimum Gasteiger partial charge on any atom is -0.364 e. The average Bonchev–Trinajstić information content (AvgIpc) is 2.69. The molecule has 27 heavy (non-hydrogen) atoms. The zero-order valence-electron chi connectivity index (χ0n) is 16.1. The highest BCUT2D eigenvalue weighted by molar-refractivity contribution is 5.94. The van der Waals surface area contributed by atoms with Crippen molar-refractivity contribution in [3.63, 3.8) is 0 Å². The van der Waals surface area contributed by atoms with Crippen LogP contribution < -0.4 is 10.6 Å². The van der Waals surface area contributed by atoms with E-state index >= 15 is 0 Å². The van der Waals surface area contributed by atoms with Gasteiger partial charge in [0, 0.05) is 25.0 Å². The van der Waals surface area contributed by atoms with Gasteiger partial charge in [-0.15, -0.1) is 0 Å². The standard InChI is InChI=1S/C20H28N6O/c1-15-11-23-17(13-22-15)14-25-19-7-6-16(12-24-19)20(27)21-9-8-18-5-3-4-10-26(18)2/h6-7,11-13,18H,3-5,8-10,14H2,1-2H3,(H,21,27)(H,24,25). The maximum atomic E-state index is 12.3. The van der Waals surface area contributed by atoms with E-state index in [-0.39, 0.29) is 5.91 Å². The Labute approximate surface area is 160 Å². The normalized spacial score (nSPS) is 17.5. The molecule has 7 nitrogen and oxygen atoms in total. The van der Waals surface area contributed by atoms with Gasteiger partial charge in [0.05, 0.1) is 29.7 Å². The monoisotopic (exact) mass is 368 g/mol. The van der Waals surface area contributed by atoms with Crippen molar-refractivity contribution >= 4 is 11.7 Å². The predicted molar refractivity (Wildman–Crippen MR) is 106 cm³/mol. The van der Waals surface area contributed by atoms with Crippen LogP contribution in [0.5, 0.6) is 0 Å². The van der Waals surface area contributed by atoms with Gasteiger partial charge in [0.1, 0.15) is 5.82 Å². The van der Waals surface area contributed by atoms with Gasteiger partial charge < -0.3 is 15.5 Å². The Morgan fingerprint density at radius 3 is 2.78 bits per heavy atom. The van der Waals surface area contributed by atoms with Crippen molar-refractivity contribution in [1.82, 2.24) is 25.2 Å². The summed E-state index contributed by atoms with van der Waals surface area (Å²) in [5, 5.41) is 6.19. The molecular weight excluding hydrogens is 340 g/mol. The molecular formula is C20H28N6O. The summed E-state index contributed by atoms with van der Waals surface area (Å²) in [5.74, 6) is 0.634. The number of likely N-dealkylation sites (tertiary alicyclic amines) is 1. The molecule has 0 aliphatic carbocycles. The van der Waals surface area contributed by atoms with Gasteiger partial charge in [-0.05, 0) is 51.9 Å². The zero-order valence-corrected chi connectivity index (χ0v) is 16.1. The van der Waals surface area contributed by atoms with Crippen molar-refractivity contribution in [1.29, 1.82) is 0 Å². The lowest BCUT2D eigenvalue weighted by Crippen LogP contribution is -2.39. The van der Waals surface area contributed by atoms with Crippen molar-refractivity contribution in [2.45, 2.75) is 45.2 Å². The molecule has 1 unspecified atom stereocenters. The molecule has 2 N–H and O–H groups in total. The second-order valence-electron chi connectivity index (χ2n) is 7.11. The Morgan fingerprint density at radius 2 is 2.07 bits per heavy atom. The molecule has 1 saturated heterocycles.